The van der Waals surface area contributed by atoms with E-state index in [1.165, 1.54) is 13.0 Å². The second-order valence-electron chi connectivity index (χ2n) is 5.30. The van der Waals surface area contributed by atoms with Crippen LogP contribution < -0.4 is 16.2 Å². The Balaban J connectivity index is 2.28. The van der Waals surface area contributed by atoms with Crippen LogP contribution in [0.15, 0.2) is 65.1 Å². The van der Waals surface area contributed by atoms with Gasteiger partial charge in [0.15, 0.2) is 0 Å². The highest BCUT2D eigenvalue weighted by Gasteiger charge is 2.14. The lowest BCUT2D eigenvalue weighted by molar-refractivity contribution is -0.115. The van der Waals surface area contributed by atoms with Gasteiger partial charge in [0, 0.05) is 22.9 Å². The van der Waals surface area contributed by atoms with Gasteiger partial charge in [0.2, 0.25) is 15.9 Å². The summed E-state index contributed by atoms with van der Waals surface area (Å²) in [6.45, 7) is 1.47. The van der Waals surface area contributed by atoms with Crippen LogP contribution in [0.4, 0.5) is 5.69 Å². The van der Waals surface area contributed by atoms with E-state index in [1.807, 2.05) is 0 Å². The molecule has 2 aromatic rings. The Labute approximate surface area is 145 Å². The number of hydrogen-bond acceptors (Lipinski definition) is 4. The third kappa shape index (κ3) is 4.75. The van der Waals surface area contributed by atoms with Crippen molar-refractivity contribution in [2.24, 2.45) is 10.9 Å². The number of carbonyl (C=O) groups excluding carboxylic acids is 2. The van der Waals surface area contributed by atoms with Crippen LogP contribution in [0, 0.1) is 0 Å². The number of primary sulfonamides is 1. The van der Waals surface area contributed by atoms with Crippen molar-refractivity contribution in [3.05, 3.63) is 60.2 Å². The Morgan fingerprint density at radius 3 is 2.20 bits per heavy atom. The maximum absolute atomic E-state index is 11.9. The first-order valence-corrected chi connectivity index (χ1v) is 8.74. The largest absolute Gasteiger partial charge is 0.366 e. The molecule has 0 saturated heterocycles. The number of sulfonamides is 1. The molecule has 0 fully saturated rings. The average Bonchev–Trinajstić information content (AvgIpc) is 2.54. The van der Waals surface area contributed by atoms with Crippen molar-refractivity contribution in [3.63, 3.8) is 0 Å². The molecular weight excluding hydrogens is 342 g/mol. The Morgan fingerprint density at radius 1 is 1.04 bits per heavy atom. The zero-order valence-electron chi connectivity index (χ0n) is 13.4. The highest BCUT2D eigenvalue weighted by Crippen LogP contribution is 2.27. The van der Waals surface area contributed by atoms with Crippen LogP contribution in [-0.2, 0) is 19.6 Å². The summed E-state index contributed by atoms with van der Waals surface area (Å²) in [7, 11) is -3.85. The van der Waals surface area contributed by atoms with Gasteiger partial charge in [-0.3, -0.25) is 9.59 Å². The van der Waals surface area contributed by atoms with Crippen molar-refractivity contribution < 1.29 is 18.0 Å². The van der Waals surface area contributed by atoms with Crippen molar-refractivity contribution in [2.75, 3.05) is 5.32 Å². The molecule has 0 unspecified atom stereocenters. The van der Waals surface area contributed by atoms with Gasteiger partial charge in [0.25, 0.3) is 5.91 Å². The first-order valence-electron chi connectivity index (χ1n) is 7.20. The highest BCUT2D eigenvalue weighted by molar-refractivity contribution is 7.89. The van der Waals surface area contributed by atoms with E-state index in [-0.39, 0.29) is 10.5 Å². The van der Waals surface area contributed by atoms with Crippen LogP contribution >= 0.6 is 0 Å². The monoisotopic (exact) mass is 359 g/mol. The molecule has 2 rings (SSSR count). The summed E-state index contributed by atoms with van der Waals surface area (Å²) in [5.41, 5.74) is 6.76. The molecule has 7 nitrogen and oxygen atoms in total. The van der Waals surface area contributed by atoms with Crippen LogP contribution in [0.1, 0.15) is 6.92 Å². The minimum absolute atomic E-state index is 0.0204. The van der Waals surface area contributed by atoms with Crippen LogP contribution in [0.3, 0.4) is 0 Å². The lowest BCUT2D eigenvalue weighted by Crippen LogP contribution is -2.16. The van der Waals surface area contributed by atoms with Gasteiger partial charge < -0.3 is 11.1 Å². The summed E-state index contributed by atoms with van der Waals surface area (Å²) in [6.07, 6.45) is 1.03. The zero-order chi connectivity index (χ0) is 18.6. The van der Waals surface area contributed by atoms with Crippen molar-refractivity contribution in [2.45, 2.75) is 11.8 Å². The second kappa shape index (κ2) is 7.29. The van der Waals surface area contributed by atoms with E-state index in [0.717, 1.165) is 6.08 Å². The van der Waals surface area contributed by atoms with E-state index >= 15 is 0 Å². The van der Waals surface area contributed by atoms with Crippen molar-refractivity contribution in [1.82, 2.24) is 0 Å². The van der Waals surface area contributed by atoms with Crippen LogP contribution in [0.5, 0.6) is 0 Å². The van der Waals surface area contributed by atoms with E-state index in [2.05, 4.69) is 5.32 Å². The zero-order valence-corrected chi connectivity index (χ0v) is 14.2. The normalized spacial score (nSPS) is 11.8. The smallest absolute Gasteiger partial charge is 0.251 e. The second-order valence-corrected chi connectivity index (χ2v) is 6.83. The first kappa shape index (κ1) is 18.4. The standard InChI is InChI=1S/C17H17N3O4S/c1-11(10-16(18)21)17(22)20-13-8-6-12(7-9-13)14-4-2-3-5-15(14)25(19,23)24/h2-10H,1H3,(H2,18,21)(H,20,22)(H2,19,23,24). The molecule has 2 aromatic carbocycles. The summed E-state index contributed by atoms with van der Waals surface area (Å²) in [5, 5.41) is 7.85. The first-order chi connectivity index (χ1) is 11.7. The van der Waals surface area contributed by atoms with Gasteiger partial charge >= 0.3 is 0 Å². The Kier molecular flexibility index (Phi) is 5.35. The molecule has 2 amide bonds. The fourth-order valence-corrected chi connectivity index (χ4v) is 2.96. The van der Waals surface area contributed by atoms with Crippen LogP contribution in [0.25, 0.3) is 11.1 Å². The molecule has 0 atom stereocenters. The molecule has 0 heterocycles. The van der Waals surface area contributed by atoms with Crippen LogP contribution in [-0.4, -0.2) is 20.2 Å². The molecule has 8 heteroatoms. The summed E-state index contributed by atoms with van der Waals surface area (Å²) in [4.78, 5) is 22.7. The highest BCUT2D eigenvalue weighted by atomic mass is 32.2. The number of anilines is 1. The molecule has 0 aliphatic carbocycles. The number of rotatable bonds is 5. The molecule has 0 aliphatic heterocycles. The number of nitrogens with two attached hydrogens (primary N) is 2. The quantitative estimate of drug-likeness (QED) is 0.695. The number of carbonyl (C=O) groups is 2. The number of benzene rings is 2. The number of primary amides is 1. The average molecular weight is 359 g/mol. The molecule has 25 heavy (non-hydrogen) atoms. The SMILES string of the molecule is CC(=CC(N)=O)C(=O)Nc1ccc(-c2ccccc2S(N)(=O)=O)cc1. The maximum Gasteiger partial charge on any atom is 0.251 e. The molecule has 5 N–H and O–H groups in total. The van der Waals surface area contributed by atoms with Gasteiger partial charge in [-0.2, -0.15) is 0 Å². The molecule has 0 radical (unpaired) electrons. The van der Waals surface area contributed by atoms with Gasteiger partial charge in [0.1, 0.15) is 0 Å². The third-order valence-electron chi connectivity index (χ3n) is 3.36. The topological polar surface area (TPSA) is 132 Å². The van der Waals surface area contributed by atoms with Crippen molar-refractivity contribution >= 4 is 27.5 Å². The predicted octanol–water partition coefficient (Wildman–Crippen LogP) is 1.37. The Bertz CT molecular complexity index is 948. The van der Waals surface area contributed by atoms with Crippen molar-refractivity contribution in [1.29, 1.82) is 0 Å². The van der Waals surface area contributed by atoms with E-state index in [1.54, 1.807) is 42.5 Å². The molecule has 0 aliphatic rings. The van der Waals surface area contributed by atoms with E-state index in [9.17, 15) is 18.0 Å². The van der Waals surface area contributed by atoms with Gasteiger partial charge in [-0.25, -0.2) is 13.6 Å². The fraction of sp³-hybridized carbons (Fsp3) is 0.0588. The van der Waals surface area contributed by atoms with E-state index in [4.69, 9.17) is 10.9 Å². The lowest BCUT2D eigenvalue weighted by atomic mass is 10.1. The fourth-order valence-electron chi connectivity index (χ4n) is 2.19. The lowest BCUT2D eigenvalue weighted by Gasteiger charge is -2.09. The van der Waals surface area contributed by atoms with Gasteiger partial charge in [0.05, 0.1) is 4.90 Å². The third-order valence-corrected chi connectivity index (χ3v) is 4.33. The van der Waals surface area contributed by atoms with E-state index in [0.29, 0.717) is 16.8 Å². The summed E-state index contributed by atoms with van der Waals surface area (Å²) >= 11 is 0. The Morgan fingerprint density at radius 2 is 1.64 bits per heavy atom. The van der Waals surface area contributed by atoms with E-state index < -0.39 is 21.8 Å². The Hall–Kier alpha value is -2.97. The summed E-state index contributed by atoms with van der Waals surface area (Å²) < 4.78 is 23.4. The molecule has 0 spiro atoms. The molecule has 0 bridgehead atoms. The molecule has 0 aromatic heterocycles. The molecular formula is C17H17N3O4S. The molecule has 0 saturated carbocycles. The van der Waals surface area contributed by atoms with Gasteiger partial charge in [-0.05, 0) is 30.7 Å². The maximum atomic E-state index is 11.9. The van der Waals surface area contributed by atoms with Gasteiger partial charge in [-0.15, -0.1) is 0 Å². The number of amides is 2. The number of nitrogens with one attached hydrogen (secondary N) is 1. The van der Waals surface area contributed by atoms with Crippen LogP contribution in [0.2, 0.25) is 0 Å². The summed E-state index contributed by atoms with van der Waals surface area (Å²) in [5.74, 6) is -1.17. The predicted molar refractivity (Wildman–Crippen MR) is 94.8 cm³/mol. The summed E-state index contributed by atoms with van der Waals surface area (Å²) in [6, 6.07) is 12.9. The van der Waals surface area contributed by atoms with Gasteiger partial charge in [-0.1, -0.05) is 30.3 Å². The number of hydrogen-bond donors (Lipinski definition) is 3. The van der Waals surface area contributed by atoms with Crippen molar-refractivity contribution in [3.8, 4) is 11.1 Å². The molecule has 130 valence electrons. The minimum Gasteiger partial charge on any atom is -0.366 e. The minimum atomic E-state index is -3.85.